The van der Waals surface area contributed by atoms with Crippen LogP contribution in [0.3, 0.4) is 0 Å². The van der Waals surface area contributed by atoms with Crippen molar-refractivity contribution in [2.24, 2.45) is 0 Å². The smallest absolute Gasteiger partial charge is 0.326 e. The summed E-state index contributed by atoms with van der Waals surface area (Å²) in [6, 6.07) is 18.4. The molecule has 0 saturated heterocycles. The fourth-order valence-corrected chi connectivity index (χ4v) is 2.15. The second kappa shape index (κ2) is 11.0. The predicted molar refractivity (Wildman–Crippen MR) is 94.7 cm³/mol. The number of aliphatic hydroxyl groups excluding tert-OH is 1. The maximum absolute atomic E-state index is 11.2. The summed E-state index contributed by atoms with van der Waals surface area (Å²) in [6.07, 6.45) is 7.29. The largest absolute Gasteiger partial charge is 0.494 e. The number of carbonyl (C=O) groups is 1. The molecule has 0 aliphatic heterocycles. The Labute approximate surface area is 158 Å². The quantitative estimate of drug-likeness (QED) is 0.423. The van der Waals surface area contributed by atoms with Gasteiger partial charge in [0, 0.05) is 29.1 Å². The van der Waals surface area contributed by atoms with E-state index in [9.17, 15) is 15.0 Å². The maximum atomic E-state index is 11.2. The molecule has 0 radical (unpaired) electrons. The Bertz CT molecular complexity index is 687. The zero-order valence-corrected chi connectivity index (χ0v) is 14.6. The summed E-state index contributed by atoms with van der Waals surface area (Å²) >= 11 is 0. The number of benzene rings is 1. The van der Waals surface area contributed by atoms with E-state index in [0.29, 0.717) is 12.0 Å². The average molecular weight is 378 g/mol. The molecule has 1 aliphatic carbocycles. The van der Waals surface area contributed by atoms with Crippen molar-refractivity contribution in [3.63, 3.8) is 0 Å². The number of aliphatic hydroxyl groups is 1. The second-order valence-corrected chi connectivity index (χ2v) is 5.21. The van der Waals surface area contributed by atoms with E-state index in [1.54, 1.807) is 24.3 Å². The first-order chi connectivity index (χ1) is 11.7. The van der Waals surface area contributed by atoms with Crippen molar-refractivity contribution >= 4 is 5.97 Å². The maximum Gasteiger partial charge on any atom is 0.326 e. The van der Waals surface area contributed by atoms with Gasteiger partial charge in [-0.1, -0.05) is 42.5 Å². The van der Waals surface area contributed by atoms with Crippen LogP contribution >= 0.6 is 0 Å². The minimum Gasteiger partial charge on any atom is -0.494 e. The van der Waals surface area contributed by atoms with Crippen LogP contribution in [-0.4, -0.2) is 22.2 Å². The van der Waals surface area contributed by atoms with Gasteiger partial charge in [-0.15, -0.1) is 0 Å². The fourth-order valence-electron chi connectivity index (χ4n) is 2.15. The van der Waals surface area contributed by atoms with E-state index >= 15 is 0 Å². The molecule has 0 spiro atoms. The van der Waals surface area contributed by atoms with E-state index in [1.807, 2.05) is 60.7 Å². The van der Waals surface area contributed by atoms with Crippen molar-refractivity contribution in [1.82, 2.24) is 5.32 Å². The third-order valence-electron chi connectivity index (χ3n) is 3.38. The van der Waals surface area contributed by atoms with Crippen LogP contribution in [-0.2, 0) is 28.3 Å². The third kappa shape index (κ3) is 7.21. The van der Waals surface area contributed by atoms with E-state index < -0.39 is 12.0 Å². The molecule has 5 heteroatoms. The van der Waals surface area contributed by atoms with Crippen LogP contribution in [0.5, 0.6) is 0 Å². The summed E-state index contributed by atoms with van der Waals surface area (Å²) in [7, 11) is 0. The summed E-state index contributed by atoms with van der Waals surface area (Å²) in [4.78, 5) is 11.2. The van der Waals surface area contributed by atoms with E-state index in [0.717, 1.165) is 5.56 Å². The van der Waals surface area contributed by atoms with Gasteiger partial charge in [0.25, 0.3) is 0 Å². The van der Waals surface area contributed by atoms with Crippen LogP contribution in [0.25, 0.3) is 0 Å². The van der Waals surface area contributed by atoms with Crippen molar-refractivity contribution < 1.29 is 32.1 Å². The summed E-state index contributed by atoms with van der Waals surface area (Å²) in [5, 5.41) is 21.7. The van der Waals surface area contributed by atoms with Crippen molar-refractivity contribution in [1.29, 1.82) is 0 Å². The molecule has 0 heterocycles. The number of hydrogen-bond acceptors (Lipinski definition) is 3. The van der Waals surface area contributed by atoms with Crippen molar-refractivity contribution in [3.05, 3.63) is 102 Å². The van der Waals surface area contributed by atoms with Crippen LogP contribution in [0, 0.1) is 0 Å². The zero-order chi connectivity index (χ0) is 17.2. The third-order valence-corrected chi connectivity index (χ3v) is 3.38. The van der Waals surface area contributed by atoms with Gasteiger partial charge in [-0.25, -0.2) is 16.9 Å². The van der Waals surface area contributed by atoms with Crippen LogP contribution in [0.15, 0.2) is 96.4 Å². The molecule has 2 aromatic rings. The van der Waals surface area contributed by atoms with Crippen LogP contribution in [0.2, 0.25) is 0 Å². The summed E-state index contributed by atoms with van der Waals surface area (Å²) < 4.78 is 0. The molecule has 0 bridgehead atoms. The summed E-state index contributed by atoms with van der Waals surface area (Å²) in [6.45, 7) is 0. The molecule has 0 aromatic heterocycles. The minimum absolute atomic E-state index is 0. The Morgan fingerprint density at radius 3 is 2.08 bits per heavy atom. The van der Waals surface area contributed by atoms with E-state index in [4.69, 9.17) is 0 Å². The molecule has 0 saturated carbocycles. The molecule has 132 valence electrons. The Balaban J connectivity index is 0.000000448. The molecule has 1 aliphatic rings. The van der Waals surface area contributed by atoms with Gasteiger partial charge < -0.3 is 15.5 Å². The van der Waals surface area contributed by atoms with Crippen molar-refractivity contribution in [2.75, 3.05) is 0 Å². The number of rotatable bonds is 5. The first-order valence-electron chi connectivity index (χ1n) is 7.65. The average Bonchev–Trinajstić information content (AvgIpc) is 3.31. The molecule has 25 heavy (non-hydrogen) atoms. The number of nitrogens with one attached hydrogen (secondary N) is 1. The first-order valence-corrected chi connectivity index (χ1v) is 7.65. The van der Waals surface area contributed by atoms with Gasteiger partial charge in [0.15, 0.2) is 5.88 Å². The molecule has 4 nitrogen and oxygen atoms in total. The number of carboxylic acids is 1. The van der Waals surface area contributed by atoms with Crippen molar-refractivity contribution in [2.45, 2.75) is 12.5 Å². The number of hydrogen-bond donors (Lipinski definition) is 3. The van der Waals surface area contributed by atoms with Gasteiger partial charge in [0.2, 0.25) is 0 Å². The van der Waals surface area contributed by atoms with Gasteiger partial charge in [-0.2, -0.15) is 18.2 Å². The Hall–Kier alpha value is -2.62. The summed E-state index contributed by atoms with van der Waals surface area (Å²) in [5.41, 5.74) is 1.48. The SMILES string of the molecule is O=C(O)[C@H](Cc1ccccc1)NC(O)=C1C=CC=C1.[Fe].c1cc[cH-]c1. The predicted octanol–water partition coefficient (Wildman–Crippen LogP) is 3.57. The first kappa shape index (κ1) is 20.4. The van der Waals surface area contributed by atoms with Gasteiger partial charge in [-0.3, -0.25) is 0 Å². The number of aliphatic carboxylic acids is 1. The van der Waals surface area contributed by atoms with Crippen molar-refractivity contribution in [3.8, 4) is 0 Å². The van der Waals surface area contributed by atoms with E-state index in [1.165, 1.54) is 0 Å². The molecule has 0 fully saturated rings. The minimum atomic E-state index is -0.998. The van der Waals surface area contributed by atoms with Crippen LogP contribution in [0.1, 0.15) is 5.56 Å². The van der Waals surface area contributed by atoms with Gasteiger partial charge in [0.05, 0.1) is 0 Å². The molecule has 3 rings (SSSR count). The Kier molecular flexibility index (Phi) is 9.01. The molecule has 3 N–H and O–H groups in total. The van der Waals surface area contributed by atoms with E-state index in [2.05, 4.69) is 5.32 Å². The number of allylic oxidation sites excluding steroid dienone is 5. The van der Waals surface area contributed by atoms with E-state index in [-0.39, 0.29) is 23.0 Å². The molecule has 0 amide bonds. The normalized spacial score (nSPS) is 12.6. The van der Waals surface area contributed by atoms with Gasteiger partial charge in [0.1, 0.15) is 6.04 Å². The zero-order valence-electron chi connectivity index (χ0n) is 13.5. The van der Waals surface area contributed by atoms with Gasteiger partial charge >= 0.3 is 5.97 Å². The molecule has 1 atom stereocenters. The summed E-state index contributed by atoms with van der Waals surface area (Å²) in [5.74, 6) is -1.12. The molecular weight excluding hydrogens is 358 g/mol. The van der Waals surface area contributed by atoms with Crippen LogP contribution in [0.4, 0.5) is 0 Å². The van der Waals surface area contributed by atoms with Gasteiger partial charge in [-0.05, 0) is 17.7 Å². The van der Waals surface area contributed by atoms with Crippen LogP contribution < -0.4 is 5.32 Å². The molecular formula is C20H20FeNO3-. The topological polar surface area (TPSA) is 69.6 Å². The fraction of sp³-hybridized carbons (Fsp3) is 0.100. The number of carboxylic acid groups (broad SMARTS) is 1. The second-order valence-electron chi connectivity index (χ2n) is 5.21. The molecule has 0 unspecified atom stereocenters. The Morgan fingerprint density at radius 1 is 1.00 bits per heavy atom. The monoisotopic (exact) mass is 378 g/mol. The standard InChI is InChI=1S/C15H15NO3.C5H5.Fe/c17-14(12-8-4-5-9-12)16-13(15(18)19)10-11-6-2-1-3-7-11;1-2-4-5-3-1;/h1-9,13,16-17H,10H2,(H,18,19);1-5H;/q;-1;/t13-;;/m0../s1. The molecule has 2 aromatic carbocycles. The Morgan fingerprint density at radius 2 is 1.60 bits per heavy atom.